The minimum Gasteiger partial charge on any atom is -0.378 e. The van der Waals surface area contributed by atoms with E-state index in [9.17, 15) is 43.2 Å². The maximum absolute atomic E-state index is 13.7. The number of carbonyl (C=O) groups excluding carboxylic acids is 9. The van der Waals surface area contributed by atoms with Crippen LogP contribution in [0.1, 0.15) is 214 Å². The maximum atomic E-state index is 13.7. The fourth-order valence-corrected chi connectivity index (χ4v) is 8.01. The van der Waals surface area contributed by atoms with E-state index < -0.39 is 11.4 Å². The Balaban J connectivity index is 5.64. The lowest BCUT2D eigenvalue weighted by molar-refractivity contribution is -0.131. The van der Waals surface area contributed by atoms with Gasteiger partial charge in [0.1, 0.15) is 5.54 Å². The first kappa shape index (κ1) is 74.8. The van der Waals surface area contributed by atoms with Gasteiger partial charge in [-0.25, -0.2) is 0 Å². The minimum absolute atomic E-state index is 0.000714. The van der Waals surface area contributed by atoms with Gasteiger partial charge in [-0.3, -0.25) is 43.2 Å². The molecule has 0 saturated carbocycles. The van der Waals surface area contributed by atoms with E-state index in [1.165, 1.54) is 6.08 Å². The molecule has 21 nitrogen and oxygen atoms in total. The number of ether oxygens (including phenoxy) is 3. The molecule has 0 aliphatic carbocycles. The molecule has 0 heterocycles. The predicted molar refractivity (Wildman–Crippen MR) is 313 cm³/mol. The molecular formula is C59H109N9O12. The van der Waals surface area contributed by atoms with Crippen molar-refractivity contribution < 1.29 is 57.4 Å². The van der Waals surface area contributed by atoms with Gasteiger partial charge in [0.15, 0.2) is 0 Å². The Morgan fingerprint density at radius 3 is 0.938 bits per heavy atom. The highest BCUT2D eigenvalue weighted by Gasteiger charge is 2.34. The van der Waals surface area contributed by atoms with Crippen LogP contribution in [0.15, 0.2) is 12.2 Å². The summed E-state index contributed by atoms with van der Waals surface area (Å²) in [6, 6.07) is 0. The summed E-state index contributed by atoms with van der Waals surface area (Å²) < 4.78 is 18.1. The molecule has 0 unspecified atom stereocenters. The van der Waals surface area contributed by atoms with Gasteiger partial charge in [0.05, 0.1) is 39.6 Å². The zero-order valence-corrected chi connectivity index (χ0v) is 50.0. The van der Waals surface area contributed by atoms with Crippen LogP contribution in [0, 0.1) is 0 Å². The maximum Gasteiger partial charge on any atom is 0.243 e. The molecule has 9 N–H and O–H groups in total. The van der Waals surface area contributed by atoms with Gasteiger partial charge in [-0.05, 0) is 70.3 Å². The molecule has 0 fully saturated rings. The lowest BCUT2D eigenvalue weighted by Crippen LogP contribution is -2.58. The number of allylic oxidation sites excluding steroid dienone is 1. The summed E-state index contributed by atoms with van der Waals surface area (Å²) in [4.78, 5) is 113. The number of rotatable bonds is 56. The van der Waals surface area contributed by atoms with Crippen LogP contribution in [0.2, 0.25) is 0 Å². The van der Waals surface area contributed by atoms with Gasteiger partial charge < -0.3 is 62.1 Å². The van der Waals surface area contributed by atoms with Crippen LogP contribution in [0.4, 0.5) is 0 Å². The highest BCUT2D eigenvalue weighted by molar-refractivity contribution is 5.87. The summed E-state index contributed by atoms with van der Waals surface area (Å²) >= 11 is 0. The highest BCUT2D eigenvalue weighted by atomic mass is 16.5. The zero-order chi connectivity index (χ0) is 59.0. The third-order valence-corrected chi connectivity index (χ3v) is 12.8. The van der Waals surface area contributed by atoms with Crippen LogP contribution >= 0.6 is 0 Å². The number of amides is 9. The third kappa shape index (κ3) is 49.9. The van der Waals surface area contributed by atoms with Crippen molar-refractivity contribution in [2.75, 3.05) is 92.0 Å². The van der Waals surface area contributed by atoms with E-state index in [2.05, 4.69) is 68.6 Å². The first-order chi connectivity index (χ1) is 38.8. The fraction of sp³-hybridized carbons (Fsp3) is 0.814. The molecule has 0 atom stereocenters. The van der Waals surface area contributed by atoms with Crippen molar-refractivity contribution in [1.29, 1.82) is 0 Å². The quantitative estimate of drug-likeness (QED) is 0.0259. The Morgan fingerprint density at radius 2 is 0.600 bits per heavy atom. The number of nitrogens with one attached hydrogen (secondary N) is 9. The van der Waals surface area contributed by atoms with E-state index in [1.54, 1.807) is 0 Å². The molecule has 0 aromatic carbocycles. The van der Waals surface area contributed by atoms with E-state index in [1.807, 2.05) is 13.0 Å². The SMILES string of the molecule is CC/C=C/C(=O)NCCCCCCNC(=O)CCCC(=O)NC(COCCC(=O)NCCCNC(=O)CCCCCC)(COCCC(=O)NCCCNC(=O)CCCCCC)COCCC(=O)NCCCNC(=O)CCCCCC. The Morgan fingerprint density at radius 1 is 0.312 bits per heavy atom. The van der Waals surface area contributed by atoms with Gasteiger partial charge in [0.25, 0.3) is 0 Å². The summed E-state index contributed by atoms with van der Waals surface area (Å²) in [5.41, 5.74) is -1.34. The van der Waals surface area contributed by atoms with Gasteiger partial charge in [-0.2, -0.15) is 0 Å². The molecule has 80 heavy (non-hydrogen) atoms. The molecule has 9 amide bonds. The van der Waals surface area contributed by atoms with E-state index in [-0.39, 0.29) is 125 Å². The molecule has 462 valence electrons. The van der Waals surface area contributed by atoms with E-state index >= 15 is 0 Å². The first-order valence-corrected chi connectivity index (χ1v) is 30.6. The molecule has 0 bridgehead atoms. The van der Waals surface area contributed by atoms with Crippen LogP contribution in [0.3, 0.4) is 0 Å². The largest absolute Gasteiger partial charge is 0.378 e. The second kappa shape index (κ2) is 54.4. The van der Waals surface area contributed by atoms with E-state index in [0.717, 1.165) is 109 Å². The number of carbonyl (C=O) groups is 9. The van der Waals surface area contributed by atoms with Crippen molar-refractivity contribution in [3.63, 3.8) is 0 Å². The molecule has 0 rings (SSSR count). The van der Waals surface area contributed by atoms with E-state index in [4.69, 9.17) is 14.2 Å². The summed E-state index contributed by atoms with van der Waals surface area (Å²) in [5, 5.41) is 26.0. The Kier molecular flexibility index (Phi) is 50.9. The summed E-state index contributed by atoms with van der Waals surface area (Å²) in [5.74, 6) is -1.47. The predicted octanol–water partition coefficient (Wildman–Crippen LogP) is 5.77. The van der Waals surface area contributed by atoms with Gasteiger partial charge in [0, 0.05) is 104 Å². The summed E-state index contributed by atoms with van der Waals surface area (Å²) in [7, 11) is 0. The van der Waals surface area contributed by atoms with Crippen molar-refractivity contribution in [2.45, 2.75) is 219 Å². The number of unbranched alkanes of at least 4 members (excludes halogenated alkanes) is 12. The molecule has 0 aliphatic rings. The van der Waals surface area contributed by atoms with Gasteiger partial charge in [-0.15, -0.1) is 0 Å². The van der Waals surface area contributed by atoms with Crippen molar-refractivity contribution >= 4 is 53.2 Å². The smallest absolute Gasteiger partial charge is 0.243 e. The Labute approximate surface area is 480 Å². The van der Waals surface area contributed by atoms with E-state index in [0.29, 0.717) is 90.9 Å². The standard InChI is InChI=1S/C59H109N9O12/c1-5-9-13-18-28-51(70)62-38-24-41-65-55(74)33-44-78-47-59(48-79-45-34-56(75)66-42-25-39-63-52(71)29-19-14-10-6-2,49-80-46-35-57(76)67-43-26-40-64-53(72)30-20-15-11-7-3)68-58(77)32-23-31-54(73)61-37-22-17-16-21-36-60-50(69)27-12-8-4/h12,27H,5-11,13-26,28-49H2,1-4H3,(H,60,69)(H,61,73)(H,62,70)(H,63,71)(H,64,72)(H,65,74)(H,66,75)(H,67,76)(H,68,77)/b27-12+. The van der Waals surface area contributed by atoms with Crippen LogP contribution < -0.4 is 47.9 Å². The topological polar surface area (TPSA) is 290 Å². The molecule has 0 aliphatic heterocycles. The van der Waals surface area contributed by atoms with Crippen LogP contribution in [0.25, 0.3) is 0 Å². The Bertz CT molecular complexity index is 1570. The monoisotopic (exact) mass is 1140 g/mol. The summed E-state index contributed by atoms with van der Waals surface area (Å²) in [6.45, 7) is 11.3. The Hall–Kier alpha value is -5.15. The third-order valence-electron chi connectivity index (χ3n) is 12.8. The normalized spacial score (nSPS) is 11.2. The van der Waals surface area contributed by atoms with Gasteiger partial charge >= 0.3 is 0 Å². The number of hydrogen-bond acceptors (Lipinski definition) is 12. The molecule has 0 radical (unpaired) electrons. The molecular weight excluding hydrogens is 1030 g/mol. The van der Waals surface area contributed by atoms with Crippen LogP contribution in [0.5, 0.6) is 0 Å². The number of hydrogen-bond donors (Lipinski definition) is 9. The van der Waals surface area contributed by atoms with Crippen LogP contribution in [-0.4, -0.2) is 151 Å². The second-order valence-corrected chi connectivity index (χ2v) is 20.5. The molecule has 0 aromatic heterocycles. The molecule has 21 heteroatoms. The molecule has 0 saturated heterocycles. The molecule has 0 aromatic rings. The fourth-order valence-electron chi connectivity index (χ4n) is 8.01. The second-order valence-electron chi connectivity index (χ2n) is 20.5. The summed E-state index contributed by atoms with van der Waals surface area (Å²) in [6.07, 6.45) is 23.3. The van der Waals surface area contributed by atoms with Gasteiger partial charge in [-0.1, -0.05) is 104 Å². The van der Waals surface area contributed by atoms with Crippen molar-refractivity contribution in [2.24, 2.45) is 0 Å². The zero-order valence-electron chi connectivity index (χ0n) is 50.0. The minimum atomic E-state index is -1.34. The van der Waals surface area contributed by atoms with Crippen LogP contribution in [-0.2, 0) is 57.4 Å². The van der Waals surface area contributed by atoms with Gasteiger partial charge in [0.2, 0.25) is 53.2 Å². The lowest BCUT2D eigenvalue weighted by atomic mass is 10.0. The highest BCUT2D eigenvalue weighted by Crippen LogP contribution is 2.13. The van der Waals surface area contributed by atoms with Crippen molar-refractivity contribution in [3.05, 3.63) is 12.2 Å². The van der Waals surface area contributed by atoms with Crippen molar-refractivity contribution in [1.82, 2.24) is 47.9 Å². The first-order valence-electron chi connectivity index (χ1n) is 30.6. The van der Waals surface area contributed by atoms with Crippen molar-refractivity contribution in [3.8, 4) is 0 Å². The average molecular weight is 1140 g/mol. The molecule has 0 spiro atoms. The average Bonchev–Trinajstić information content (AvgIpc) is 3.43. The lowest BCUT2D eigenvalue weighted by Gasteiger charge is -2.34.